The summed E-state index contributed by atoms with van der Waals surface area (Å²) in [5.74, 6) is 0. The molecule has 2 heteroatoms. The Balaban J connectivity index is 1.29. The molecule has 32 heavy (non-hydrogen) atoms. The van der Waals surface area contributed by atoms with Gasteiger partial charge in [0.05, 0.1) is 9.40 Å². The maximum absolute atomic E-state index is 2.47. The zero-order valence-corrected chi connectivity index (χ0v) is 20.9. The predicted octanol–water partition coefficient (Wildman–Crippen LogP) is 10.7. The van der Waals surface area contributed by atoms with Crippen LogP contribution in [0.5, 0.6) is 0 Å². The van der Waals surface area contributed by atoms with Gasteiger partial charge in [-0.15, -0.1) is 22.7 Å². The lowest BCUT2D eigenvalue weighted by molar-refractivity contribution is 0.575. The molecule has 0 amide bonds. The van der Waals surface area contributed by atoms with E-state index in [1.165, 1.54) is 104 Å². The van der Waals surface area contributed by atoms with E-state index in [0.29, 0.717) is 0 Å². The van der Waals surface area contributed by atoms with Gasteiger partial charge in [-0.2, -0.15) is 0 Å². The molecule has 0 fully saturated rings. The largest absolute Gasteiger partial charge is 0.134 e. The number of fused-ring (bicyclic) bond motifs is 5. The molecule has 1 aliphatic carbocycles. The molecule has 5 rings (SSSR count). The molecule has 1 aliphatic rings. The van der Waals surface area contributed by atoms with Crippen molar-refractivity contribution < 1.29 is 0 Å². The fourth-order valence-corrected chi connectivity index (χ4v) is 7.72. The summed E-state index contributed by atoms with van der Waals surface area (Å²) in [5.41, 5.74) is 4.38. The second-order valence-electron chi connectivity index (χ2n) is 9.29. The van der Waals surface area contributed by atoms with Crippen molar-refractivity contribution >= 4 is 57.8 Å². The number of thiophene rings is 2. The number of hydrogen-bond acceptors (Lipinski definition) is 2. The topological polar surface area (TPSA) is 0 Å². The Morgan fingerprint density at radius 3 is 2.16 bits per heavy atom. The van der Waals surface area contributed by atoms with Gasteiger partial charge in [-0.25, -0.2) is 0 Å². The highest BCUT2D eigenvalue weighted by atomic mass is 32.1. The first kappa shape index (κ1) is 21.9. The average Bonchev–Trinajstić information content (AvgIpc) is 3.36. The molecule has 0 unspecified atom stereocenters. The number of hydrogen-bond donors (Lipinski definition) is 0. The van der Waals surface area contributed by atoms with E-state index in [1.54, 1.807) is 0 Å². The summed E-state index contributed by atoms with van der Waals surface area (Å²) in [6, 6.07) is 14.3. The molecule has 0 nitrogen and oxygen atoms in total. The van der Waals surface area contributed by atoms with E-state index in [-0.39, 0.29) is 0 Å². The molecule has 2 aromatic heterocycles. The van der Waals surface area contributed by atoms with Crippen LogP contribution in [-0.4, -0.2) is 0 Å². The molecule has 2 heterocycles. The summed E-state index contributed by atoms with van der Waals surface area (Å²) in [6.45, 7) is 2.29. The first-order chi connectivity index (χ1) is 15.8. The van der Waals surface area contributed by atoms with Crippen LogP contribution in [0, 0.1) is 0 Å². The molecule has 0 aliphatic heterocycles. The van der Waals surface area contributed by atoms with Gasteiger partial charge < -0.3 is 0 Å². The predicted molar refractivity (Wildman–Crippen MR) is 147 cm³/mol. The fourth-order valence-electron chi connectivity index (χ4n) is 4.96. The first-order valence-corrected chi connectivity index (χ1v) is 14.2. The summed E-state index contributed by atoms with van der Waals surface area (Å²) in [5, 5.41) is 2.89. The lowest BCUT2D eigenvalue weighted by atomic mass is 9.97. The molecule has 0 bridgehead atoms. The molecular weight excluding hydrogens is 424 g/mol. The normalized spacial score (nSPS) is 14.1. The van der Waals surface area contributed by atoms with Gasteiger partial charge in [0.15, 0.2) is 0 Å². The van der Waals surface area contributed by atoms with Crippen molar-refractivity contribution in [1.29, 1.82) is 0 Å². The minimum absolute atomic E-state index is 1.16. The zero-order chi connectivity index (χ0) is 21.8. The van der Waals surface area contributed by atoms with Crippen molar-refractivity contribution in [3.8, 4) is 0 Å². The molecule has 4 aromatic rings. The third kappa shape index (κ3) is 4.72. The molecule has 0 radical (unpaired) electrons. The second-order valence-corrected chi connectivity index (χ2v) is 11.4. The molecule has 166 valence electrons. The van der Waals surface area contributed by atoms with Crippen LogP contribution in [0.4, 0.5) is 0 Å². The van der Waals surface area contributed by atoms with E-state index >= 15 is 0 Å². The van der Waals surface area contributed by atoms with Gasteiger partial charge in [0.25, 0.3) is 0 Å². The number of allylic oxidation sites excluding steroid dienone is 4. The first-order valence-electron chi connectivity index (χ1n) is 12.6. The van der Waals surface area contributed by atoms with Crippen molar-refractivity contribution in [3.63, 3.8) is 0 Å². The van der Waals surface area contributed by atoms with Crippen LogP contribution < -0.4 is 0 Å². The van der Waals surface area contributed by atoms with E-state index in [0.717, 1.165) is 12.8 Å². The Morgan fingerprint density at radius 2 is 1.44 bits per heavy atom. The van der Waals surface area contributed by atoms with Gasteiger partial charge in [-0.3, -0.25) is 0 Å². The van der Waals surface area contributed by atoms with Crippen molar-refractivity contribution in [2.24, 2.45) is 0 Å². The van der Waals surface area contributed by atoms with Crippen LogP contribution in [0.25, 0.3) is 35.1 Å². The smallest absolute Gasteiger partial charge is 0.0542 e. The number of rotatable bonds is 10. The summed E-state index contributed by atoms with van der Waals surface area (Å²) in [4.78, 5) is 0. The summed E-state index contributed by atoms with van der Waals surface area (Å²) in [6.07, 6.45) is 21.4. The third-order valence-electron chi connectivity index (χ3n) is 6.85. The lowest BCUT2D eigenvalue weighted by Gasteiger charge is -2.09. The Bertz CT molecular complexity index is 1260. The van der Waals surface area contributed by atoms with Gasteiger partial charge in [0.1, 0.15) is 0 Å². The van der Waals surface area contributed by atoms with Gasteiger partial charge in [0.2, 0.25) is 0 Å². The van der Waals surface area contributed by atoms with E-state index in [1.807, 2.05) is 22.7 Å². The van der Waals surface area contributed by atoms with Gasteiger partial charge in [-0.05, 0) is 54.5 Å². The third-order valence-corrected chi connectivity index (χ3v) is 9.35. The molecular formula is C30H34S2. The van der Waals surface area contributed by atoms with Crippen molar-refractivity contribution in [1.82, 2.24) is 0 Å². The van der Waals surface area contributed by atoms with E-state index in [4.69, 9.17) is 0 Å². The Kier molecular flexibility index (Phi) is 7.10. The highest BCUT2D eigenvalue weighted by Gasteiger charge is 2.14. The minimum atomic E-state index is 1.16. The Hall–Kier alpha value is -1.90. The van der Waals surface area contributed by atoms with Crippen LogP contribution in [0.1, 0.15) is 82.3 Å². The summed E-state index contributed by atoms with van der Waals surface area (Å²) < 4.78 is 5.86. The highest BCUT2D eigenvalue weighted by Crippen LogP contribution is 2.45. The molecule has 0 atom stereocenters. The van der Waals surface area contributed by atoms with Crippen LogP contribution in [-0.2, 0) is 6.42 Å². The second kappa shape index (κ2) is 10.4. The van der Waals surface area contributed by atoms with Crippen LogP contribution in [0.3, 0.4) is 0 Å². The summed E-state index contributed by atoms with van der Waals surface area (Å²) in [7, 11) is 0. The lowest BCUT2D eigenvalue weighted by Crippen LogP contribution is -1.87. The molecule has 0 saturated carbocycles. The molecule has 0 saturated heterocycles. The van der Waals surface area contributed by atoms with Crippen LogP contribution in [0.2, 0.25) is 0 Å². The quantitative estimate of drug-likeness (QED) is 0.207. The van der Waals surface area contributed by atoms with Crippen molar-refractivity contribution in [2.75, 3.05) is 0 Å². The maximum atomic E-state index is 2.47. The van der Waals surface area contributed by atoms with Crippen molar-refractivity contribution in [3.05, 3.63) is 65.8 Å². The average molecular weight is 459 g/mol. The van der Waals surface area contributed by atoms with E-state index in [9.17, 15) is 0 Å². The fraction of sp³-hybridized carbons (Fsp3) is 0.400. The number of benzene rings is 2. The monoisotopic (exact) mass is 458 g/mol. The van der Waals surface area contributed by atoms with Crippen LogP contribution >= 0.6 is 22.7 Å². The SMILES string of the molecule is CCCCCCCCCCc1ccc2c(c1)sc1c3ccc(C4=CC=CCC4)cc3sc21. The van der Waals surface area contributed by atoms with Gasteiger partial charge in [0, 0.05) is 20.2 Å². The highest BCUT2D eigenvalue weighted by molar-refractivity contribution is 7.36. The van der Waals surface area contributed by atoms with Crippen molar-refractivity contribution in [2.45, 2.75) is 77.6 Å². The number of aryl methyl sites for hydroxylation is 1. The van der Waals surface area contributed by atoms with E-state index < -0.39 is 0 Å². The van der Waals surface area contributed by atoms with Gasteiger partial charge >= 0.3 is 0 Å². The standard InChI is InChI=1S/C30H34S2/c1-2-3-4-5-6-7-8-10-13-22-16-18-25-27(20-22)31-30-26-19-17-24(21-28(26)32-29(25)30)23-14-11-9-12-15-23/h9,11,14,16-21H,2-8,10,12-13,15H2,1H3. The minimum Gasteiger partial charge on any atom is -0.134 e. The molecule has 0 spiro atoms. The molecule has 2 aromatic carbocycles. The van der Waals surface area contributed by atoms with Crippen LogP contribution in [0.15, 0.2) is 54.6 Å². The summed E-state index contributed by atoms with van der Waals surface area (Å²) >= 11 is 3.97. The number of unbranched alkanes of at least 4 members (excludes halogenated alkanes) is 7. The maximum Gasteiger partial charge on any atom is 0.0542 e. The van der Waals surface area contributed by atoms with Gasteiger partial charge in [-0.1, -0.05) is 94.4 Å². The zero-order valence-electron chi connectivity index (χ0n) is 19.3. The molecule has 0 N–H and O–H groups in total. The Morgan fingerprint density at radius 1 is 0.750 bits per heavy atom. The Labute approximate surface area is 200 Å². The van der Waals surface area contributed by atoms with E-state index in [2.05, 4.69) is 61.5 Å².